The van der Waals surface area contributed by atoms with E-state index in [0.29, 0.717) is 24.5 Å². The fraction of sp³-hybridized carbons (Fsp3) is 0.529. The molecule has 23 heavy (non-hydrogen) atoms. The molecule has 0 aromatic heterocycles. The van der Waals surface area contributed by atoms with Crippen molar-refractivity contribution in [3.8, 4) is 0 Å². The first-order valence-corrected chi connectivity index (χ1v) is 8.07. The highest BCUT2D eigenvalue weighted by molar-refractivity contribution is 6.30. The third-order valence-electron chi connectivity index (χ3n) is 3.57. The van der Waals surface area contributed by atoms with Gasteiger partial charge < -0.3 is 15.5 Å². The molecule has 5 nitrogen and oxygen atoms in total. The molecular formula is C17H26ClN3O2. The number of hydrogen-bond acceptors (Lipinski definition) is 3. The Balaban J connectivity index is 2.43. The molecule has 6 heteroatoms. The Morgan fingerprint density at radius 3 is 2.30 bits per heavy atom. The van der Waals surface area contributed by atoms with E-state index in [9.17, 15) is 9.59 Å². The summed E-state index contributed by atoms with van der Waals surface area (Å²) in [7, 11) is 3.86. The summed E-state index contributed by atoms with van der Waals surface area (Å²) in [5.41, 5.74) is -0.0493. The van der Waals surface area contributed by atoms with Gasteiger partial charge in [-0.2, -0.15) is 0 Å². The van der Waals surface area contributed by atoms with Gasteiger partial charge in [-0.1, -0.05) is 23.7 Å². The van der Waals surface area contributed by atoms with Gasteiger partial charge in [-0.3, -0.25) is 9.59 Å². The molecule has 1 aromatic rings. The van der Waals surface area contributed by atoms with E-state index in [1.54, 1.807) is 13.8 Å². The third-order valence-corrected chi connectivity index (χ3v) is 3.80. The van der Waals surface area contributed by atoms with Crippen molar-refractivity contribution >= 4 is 23.4 Å². The van der Waals surface area contributed by atoms with Crippen LogP contribution >= 0.6 is 11.6 Å². The van der Waals surface area contributed by atoms with Crippen molar-refractivity contribution < 1.29 is 9.59 Å². The van der Waals surface area contributed by atoms with Crippen LogP contribution in [0.1, 0.15) is 19.4 Å². The minimum atomic E-state index is -1.10. The molecule has 0 aliphatic heterocycles. The molecular weight excluding hydrogens is 314 g/mol. The molecule has 0 heterocycles. The van der Waals surface area contributed by atoms with Gasteiger partial charge in [0.15, 0.2) is 0 Å². The molecule has 1 rings (SSSR count). The minimum Gasteiger partial charge on any atom is -0.355 e. The molecule has 0 atom stereocenters. The Morgan fingerprint density at radius 1 is 1.13 bits per heavy atom. The van der Waals surface area contributed by atoms with E-state index in [1.165, 1.54) is 0 Å². The van der Waals surface area contributed by atoms with Gasteiger partial charge in [0.1, 0.15) is 5.41 Å². The van der Waals surface area contributed by atoms with Crippen LogP contribution in [0.15, 0.2) is 24.3 Å². The van der Waals surface area contributed by atoms with Crippen molar-refractivity contribution in [3.63, 3.8) is 0 Å². The van der Waals surface area contributed by atoms with Gasteiger partial charge in [-0.15, -0.1) is 0 Å². The lowest BCUT2D eigenvalue weighted by molar-refractivity contribution is -0.141. The van der Waals surface area contributed by atoms with Crippen molar-refractivity contribution in [1.82, 2.24) is 15.5 Å². The molecule has 2 N–H and O–H groups in total. The summed E-state index contributed by atoms with van der Waals surface area (Å²) in [6.45, 7) is 4.98. The second kappa shape index (κ2) is 8.89. The van der Waals surface area contributed by atoms with E-state index in [1.807, 2.05) is 43.3 Å². The van der Waals surface area contributed by atoms with Crippen molar-refractivity contribution in [2.75, 3.05) is 33.7 Å². The van der Waals surface area contributed by atoms with Crippen LogP contribution in [-0.4, -0.2) is 50.4 Å². The topological polar surface area (TPSA) is 61.4 Å². The number of carbonyl (C=O) groups excluding carboxylic acids is 2. The second-order valence-electron chi connectivity index (χ2n) is 6.32. The van der Waals surface area contributed by atoms with Gasteiger partial charge in [0.25, 0.3) is 0 Å². The lowest BCUT2D eigenvalue weighted by atomic mass is 9.91. The Labute approximate surface area is 143 Å². The van der Waals surface area contributed by atoms with Crippen LogP contribution in [0.4, 0.5) is 0 Å². The first-order valence-electron chi connectivity index (χ1n) is 7.69. The van der Waals surface area contributed by atoms with Gasteiger partial charge in [-0.25, -0.2) is 0 Å². The Hall–Kier alpha value is -1.59. The number of nitrogens with one attached hydrogen (secondary N) is 2. The van der Waals surface area contributed by atoms with Crippen molar-refractivity contribution in [1.29, 1.82) is 0 Å². The zero-order valence-corrected chi connectivity index (χ0v) is 15.0. The summed E-state index contributed by atoms with van der Waals surface area (Å²) in [6, 6.07) is 7.51. The van der Waals surface area contributed by atoms with Crippen molar-refractivity contribution in [2.24, 2.45) is 5.41 Å². The lowest BCUT2D eigenvalue weighted by Crippen LogP contribution is -2.49. The average molecular weight is 340 g/mol. The standard InChI is InChI=1S/C17H26ClN3O2/c1-17(2,16(23)20-10-11-21(3)4)15(22)19-9-8-13-6-5-7-14(18)12-13/h5-7,12H,8-11H2,1-4H3,(H,19,22)(H,20,23). The van der Waals surface area contributed by atoms with E-state index in [-0.39, 0.29) is 11.8 Å². The molecule has 0 radical (unpaired) electrons. The van der Waals surface area contributed by atoms with Gasteiger partial charge in [0.05, 0.1) is 0 Å². The number of amides is 2. The molecule has 0 aliphatic carbocycles. The predicted molar refractivity (Wildman–Crippen MR) is 93.5 cm³/mol. The lowest BCUT2D eigenvalue weighted by Gasteiger charge is -2.23. The first-order chi connectivity index (χ1) is 10.7. The Morgan fingerprint density at radius 2 is 1.74 bits per heavy atom. The zero-order valence-electron chi connectivity index (χ0n) is 14.3. The summed E-state index contributed by atoms with van der Waals surface area (Å²) in [4.78, 5) is 26.4. The summed E-state index contributed by atoms with van der Waals surface area (Å²) in [5, 5.41) is 6.28. The highest BCUT2D eigenvalue weighted by Gasteiger charge is 2.35. The molecule has 0 fully saturated rings. The molecule has 2 amide bonds. The predicted octanol–water partition coefficient (Wildman–Crippen LogP) is 1.70. The van der Waals surface area contributed by atoms with Crippen LogP contribution in [-0.2, 0) is 16.0 Å². The van der Waals surface area contributed by atoms with Crippen LogP contribution in [0.2, 0.25) is 5.02 Å². The number of halogens is 1. The number of likely N-dealkylation sites (N-methyl/N-ethyl adjacent to an activating group) is 1. The number of benzene rings is 1. The summed E-state index contributed by atoms with van der Waals surface area (Å²) in [6.07, 6.45) is 0.671. The summed E-state index contributed by atoms with van der Waals surface area (Å²) >= 11 is 5.93. The van der Waals surface area contributed by atoms with Gasteiger partial charge in [0.2, 0.25) is 11.8 Å². The SMILES string of the molecule is CN(C)CCNC(=O)C(C)(C)C(=O)NCCc1cccc(Cl)c1. The zero-order chi connectivity index (χ0) is 17.5. The number of carbonyl (C=O) groups is 2. The average Bonchev–Trinajstić information content (AvgIpc) is 2.46. The highest BCUT2D eigenvalue weighted by Crippen LogP contribution is 2.15. The number of rotatable bonds is 8. The van der Waals surface area contributed by atoms with Crippen LogP contribution in [0.25, 0.3) is 0 Å². The largest absolute Gasteiger partial charge is 0.355 e. The minimum absolute atomic E-state index is 0.264. The van der Waals surface area contributed by atoms with E-state index >= 15 is 0 Å². The number of nitrogens with zero attached hydrogens (tertiary/aromatic N) is 1. The van der Waals surface area contributed by atoms with Crippen molar-refractivity contribution in [2.45, 2.75) is 20.3 Å². The molecule has 0 bridgehead atoms. The fourth-order valence-corrected chi connectivity index (χ4v) is 2.16. The fourth-order valence-electron chi connectivity index (χ4n) is 1.95. The van der Waals surface area contributed by atoms with Gasteiger partial charge in [0, 0.05) is 24.7 Å². The van der Waals surface area contributed by atoms with Crippen LogP contribution < -0.4 is 10.6 Å². The van der Waals surface area contributed by atoms with E-state index < -0.39 is 5.41 Å². The second-order valence-corrected chi connectivity index (χ2v) is 6.76. The smallest absolute Gasteiger partial charge is 0.235 e. The molecule has 1 aromatic carbocycles. The maximum Gasteiger partial charge on any atom is 0.235 e. The van der Waals surface area contributed by atoms with E-state index in [2.05, 4.69) is 10.6 Å². The molecule has 0 saturated carbocycles. The van der Waals surface area contributed by atoms with Crippen molar-refractivity contribution in [3.05, 3.63) is 34.9 Å². The maximum absolute atomic E-state index is 12.3. The van der Waals surface area contributed by atoms with E-state index in [0.717, 1.165) is 12.1 Å². The first kappa shape index (κ1) is 19.5. The van der Waals surface area contributed by atoms with Crippen LogP contribution in [0.5, 0.6) is 0 Å². The molecule has 0 saturated heterocycles. The molecule has 0 unspecified atom stereocenters. The van der Waals surface area contributed by atoms with Crippen LogP contribution in [0, 0.1) is 5.41 Å². The summed E-state index contributed by atoms with van der Waals surface area (Å²) < 4.78 is 0. The normalized spacial score (nSPS) is 11.4. The van der Waals surface area contributed by atoms with Crippen LogP contribution in [0.3, 0.4) is 0 Å². The van der Waals surface area contributed by atoms with Gasteiger partial charge in [-0.05, 0) is 52.1 Å². The highest BCUT2D eigenvalue weighted by atomic mass is 35.5. The third kappa shape index (κ3) is 6.59. The Kier molecular flexibility index (Phi) is 7.52. The Bertz CT molecular complexity index is 544. The number of hydrogen-bond donors (Lipinski definition) is 2. The summed E-state index contributed by atoms with van der Waals surface area (Å²) in [5.74, 6) is -0.540. The quantitative estimate of drug-likeness (QED) is 0.709. The monoisotopic (exact) mass is 339 g/mol. The molecule has 0 aliphatic rings. The molecule has 0 spiro atoms. The van der Waals surface area contributed by atoms with E-state index in [4.69, 9.17) is 11.6 Å². The molecule has 128 valence electrons. The maximum atomic E-state index is 12.3. The van der Waals surface area contributed by atoms with Gasteiger partial charge >= 0.3 is 0 Å².